The SMILES string of the molecule is COc1cc(N2CCN(CCO)[C@@H](C)C2)ccc1Nc1ncc(C)c(-c2cnc3ccccn23)n1. The van der Waals surface area contributed by atoms with Crippen LogP contribution in [0, 0.1) is 6.92 Å². The topological polar surface area (TPSA) is 91.0 Å². The molecule has 0 spiro atoms. The minimum absolute atomic E-state index is 0.193. The molecule has 9 nitrogen and oxygen atoms in total. The van der Waals surface area contributed by atoms with E-state index in [1.807, 2.05) is 54.2 Å². The van der Waals surface area contributed by atoms with Crippen molar-refractivity contribution in [1.29, 1.82) is 0 Å². The second kappa shape index (κ2) is 9.89. The molecule has 0 amide bonds. The Hall–Kier alpha value is -3.69. The first kappa shape index (κ1) is 23.1. The first-order valence-corrected chi connectivity index (χ1v) is 11.9. The lowest BCUT2D eigenvalue weighted by molar-refractivity contribution is 0.146. The molecule has 1 aliphatic rings. The van der Waals surface area contributed by atoms with Gasteiger partial charge in [0.25, 0.3) is 0 Å². The van der Waals surface area contributed by atoms with Crippen LogP contribution < -0.4 is 15.0 Å². The molecule has 1 aromatic carbocycles. The van der Waals surface area contributed by atoms with Crippen LogP contribution in [0.5, 0.6) is 5.75 Å². The summed E-state index contributed by atoms with van der Waals surface area (Å²) < 4.78 is 7.74. The van der Waals surface area contributed by atoms with E-state index in [4.69, 9.17) is 9.72 Å². The minimum atomic E-state index is 0.193. The summed E-state index contributed by atoms with van der Waals surface area (Å²) >= 11 is 0. The Labute approximate surface area is 205 Å². The first-order valence-electron chi connectivity index (χ1n) is 11.9. The third-order valence-electron chi connectivity index (χ3n) is 6.58. The third-order valence-corrected chi connectivity index (χ3v) is 6.58. The second-order valence-corrected chi connectivity index (χ2v) is 8.86. The van der Waals surface area contributed by atoms with Crippen LogP contribution in [-0.2, 0) is 0 Å². The second-order valence-electron chi connectivity index (χ2n) is 8.86. The van der Waals surface area contributed by atoms with E-state index in [1.165, 1.54) is 0 Å². The summed E-state index contributed by atoms with van der Waals surface area (Å²) in [6, 6.07) is 12.5. The number of nitrogens with zero attached hydrogens (tertiary/aromatic N) is 6. The van der Waals surface area contributed by atoms with Gasteiger partial charge >= 0.3 is 0 Å². The van der Waals surface area contributed by atoms with E-state index in [9.17, 15) is 5.11 Å². The van der Waals surface area contributed by atoms with Gasteiger partial charge in [0.05, 0.1) is 37.0 Å². The number of ether oxygens (including phenoxy) is 1. The quantitative estimate of drug-likeness (QED) is 0.422. The van der Waals surface area contributed by atoms with Crippen LogP contribution in [0.1, 0.15) is 12.5 Å². The van der Waals surface area contributed by atoms with Crippen LogP contribution in [0.4, 0.5) is 17.3 Å². The highest BCUT2D eigenvalue weighted by Crippen LogP contribution is 2.33. The Morgan fingerprint density at radius 3 is 2.83 bits per heavy atom. The molecular weight excluding hydrogens is 442 g/mol. The number of hydrogen-bond acceptors (Lipinski definition) is 8. The van der Waals surface area contributed by atoms with Gasteiger partial charge in [-0.3, -0.25) is 9.30 Å². The molecule has 1 fully saturated rings. The Kier molecular flexibility index (Phi) is 6.52. The van der Waals surface area contributed by atoms with Gasteiger partial charge in [0, 0.05) is 56.4 Å². The highest BCUT2D eigenvalue weighted by atomic mass is 16.5. The number of rotatable bonds is 7. The number of fused-ring (bicyclic) bond motifs is 1. The zero-order valence-corrected chi connectivity index (χ0v) is 20.3. The fourth-order valence-corrected chi connectivity index (χ4v) is 4.66. The number of aliphatic hydroxyl groups is 1. The van der Waals surface area contributed by atoms with Crippen molar-refractivity contribution in [2.75, 3.05) is 50.1 Å². The van der Waals surface area contributed by atoms with Gasteiger partial charge in [-0.05, 0) is 43.7 Å². The highest BCUT2D eigenvalue weighted by molar-refractivity contribution is 5.70. The molecular formula is C26H31N7O2. The van der Waals surface area contributed by atoms with Crippen LogP contribution in [0.2, 0.25) is 0 Å². The Balaban J connectivity index is 1.38. The maximum atomic E-state index is 9.28. The maximum Gasteiger partial charge on any atom is 0.227 e. The number of methoxy groups -OCH3 is 1. The number of hydrogen-bond donors (Lipinski definition) is 2. The smallest absolute Gasteiger partial charge is 0.227 e. The van der Waals surface area contributed by atoms with Crippen molar-refractivity contribution in [3.63, 3.8) is 0 Å². The van der Waals surface area contributed by atoms with Gasteiger partial charge in [0.1, 0.15) is 11.4 Å². The molecule has 4 heterocycles. The molecule has 5 rings (SSSR count). The molecule has 4 aromatic rings. The number of aliphatic hydroxyl groups excluding tert-OH is 1. The summed E-state index contributed by atoms with van der Waals surface area (Å²) in [5, 5.41) is 12.6. The van der Waals surface area contributed by atoms with E-state index in [0.29, 0.717) is 12.0 Å². The number of anilines is 3. The number of aromatic nitrogens is 4. The van der Waals surface area contributed by atoms with Crippen molar-refractivity contribution in [3.05, 3.63) is 60.6 Å². The van der Waals surface area contributed by atoms with E-state index in [2.05, 4.69) is 44.1 Å². The van der Waals surface area contributed by atoms with Gasteiger partial charge in [-0.2, -0.15) is 0 Å². The molecule has 9 heteroatoms. The van der Waals surface area contributed by atoms with Crippen molar-refractivity contribution < 1.29 is 9.84 Å². The van der Waals surface area contributed by atoms with E-state index < -0.39 is 0 Å². The van der Waals surface area contributed by atoms with Gasteiger partial charge in [0.15, 0.2) is 0 Å². The van der Waals surface area contributed by atoms with Crippen molar-refractivity contribution >= 4 is 23.0 Å². The lowest BCUT2D eigenvalue weighted by Gasteiger charge is -2.40. The molecule has 2 N–H and O–H groups in total. The molecule has 0 aliphatic carbocycles. The van der Waals surface area contributed by atoms with Crippen LogP contribution >= 0.6 is 0 Å². The van der Waals surface area contributed by atoms with Crippen LogP contribution in [-0.4, -0.2) is 75.3 Å². The van der Waals surface area contributed by atoms with Gasteiger partial charge < -0.3 is 20.1 Å². The molecule has 3 aromatic heterocycles. The van der Waals surface area contributed by atoms with Gasteiger partial charge in [-0.25, -0.2) is 15.0 Å². The molecule has 0 radical (unpaired) electrons. The summed E-state index contributed by atoms with van der Waals surface area (Å²) in [6.07, 6.45) is 5.64. The van der Waals surface area contributed by atoms with Gasteiger partial charge in [0.2, 0.25) is 5.95 Å². The molecule has 1 atom stereocenters. The summed E-state index contributed by atoms with van der Waals surface area (Å²) in [5.41, 5.74) is 5.50. The Morgan fingerprint density at radius 2 is 2.03 bits per heavy atom. The van der Waals surface area contributed by atoms with E-state index in [0.717, 1.165) is 65.9 Å². The summed E-state index contributed by atoms with van der Waals surface area (Å²) in [5.74, 6) is 1.22. The average Bonchev–Trinajstić information content (AvgIpc) is 3.31. The molecule has 1 aliphatic heterocycles. The molecule has 1 saturated heterocycles. The number of nitrogens with one attached hydrogen (secondary N) is 1. The number of benzene rings is 1. The molecule has 182 valence electrons. The summed E-state index contributed by atoms with van der Waals surface area (Å²) in [4.78, 5) is 18.5. The summed E-state index contributed by atoms with van der Waals surface area (Å²) in [7, 11) is 1.67. The highest BCUT2D eigenvalue weighted by Gasteiger charge is 2.24. The first-order chi connectivity index (χ1) is 17.1. The fraction of sp³-hybridized carbons (Fsp3) is 0.346. The number of piperazine rings is 1. The predicted molar refractivity (Wildman–Crippen MR) is 138 cm³/mol. The molecule has 0 saturated carbocycles. The number of β-amino-alcohol motifs (C(OH)–C–C–N with tert-alkyl or cyclic N) is 1. The zero-order chi connectivity index (χ0) is 24.4. The third kappa shape index (κ3) is 4.65. The number of imidazole rings is 1. The molecule has 0 unspecified atom stereocenters. The van der Waals surface area contributed by atoms with E-state index in [1.54, 1.807) is 7.11 Å². The Bertz CT molecular complexity index is 1320. The fourth-order valence-electron chi connectivity index (χ4n) is 4.66. The Morgan fingerprint density at radius 1 is 1.14 bits per heavy atom. The van der Waals surface area contributed by atoms with Crippen molar-refractivity contribution in [2.45, 2.75) is 19.9 Å². The van der Waals surface area contributed by atoms with Crippen LogP contribution in [0.3, 0.4) is 0 Å². The lowest BCUT2D eigenvalue weighted by atomic mass is 10.1. The summed E-state index contributed by atoms with van der Waals surface area (Å²) in [6.45, 7) is 7.84. The van der Waals surface area contributed by atoms with E-state index in [-0.39, 0.29) is 6.61 Å². The van der Waals surface area contributed by atoms with Crippen molar-refractivity contribution in [1.82, 2.24) is 24.3 Å². The van der Waals surface area contributed by atoms with Gasteiger partial charge in [-0.1, -0.05) is 6.07 Å². The van der Waals surface area contributed by atoms with Gasteiger partial charge in [-0.15, -0.1) is 0 Å². The molecule has 0 bridgehead atoms. The normalized spacial score (nSPS) is 16.6. The average molecular weight is 474 g/mol. The maximum absolute atomic E-state index is 9.28. The number of pyridine rings is 1. The van der Waals surface area contributed by atoms with Crippen molar-refractivity contribution in [2.24, 2.45) is 0 Å². The number of aryl methyl sites for hydroxylation is 1. The van der Waals surface area contributed by atoms with Crippen LogP contribution in [0.25, 0.3) is 17.0 Å². The van der Waals surface area contributed by atoms with Crippen LogP contribution in [0.15, 0.2) is 55.0 Å². The molecule has 35 heavy (non-hydrogen) atoms. The minimum Gasteiger partial charge on any atom is -0.494 e. The zero-order valence-electron chi connectivity index (χ0n) is 20.3. The monoisotopic (exact) mass is 473 g/mol. The predicted octanol–water partition coefficient (Wildman–Crippen LogP) is 3.35. The van der Waals surface area contributed by atoms with E-state index >= 15 is 0 Å². The lowest BCUT2D eigenvalue weighted by Crippen LogP contribution is -2.52. The largest absolute Gasteiger partial charge is 0.494 e. The van der Waals surface area contributed by atoms with Crippen molar-refractivity contribution in [3.8, 4) is 17.1 Å². The standard InChI is InChI=1S/C26H31N7O2/c1-18-15-28-26(30-25(18)22-16-27-24-6-4-5-9-33(22)24)29-21-8-7-20(14-23(21)35-3)32-11-10-31(12-13-34)19(2)17-32/h4-9,14-16,19,34H,10-13,17H2,1-3H3,(H,28,29,30)/t19-/m0/s1.